The Kier molecular flexibility index (Phi) is 11.3. The van der Waals surface area contributed by atoms with E-state index in [1.165, 1.54) is 37.1 Å². The molecule has 2 heterocycles. The van der Waals surface area contributed by atoms with Gasteiger partial charge in [-0.2, -0.15) is 0 Å². The van der Waals surface area contributed by atoms with Crippen molar-refractivity contribution in [2.75, 3.05) is 52.5 Å². The number of aliphatic imine (C=N–C) groups is 1. The maximum atomic E-state index is 6.00. The topological polar surface area (TPSA) is 66.1 Å². The summed E-state index contributed by atoms with van der Waals surface area (Å²) < 4.78 is 5.37. The Bertz CT molecular complexity index is 596. The third-order valence-electron chi connectivity index (χ3n) is 5.80. The van der Waals surface area contributed by atoms with Crippen LogP contribution in [-0.2, 0) is 17.8 Å². The average Bonchev–Trinajstić information content (AvgIpc) is 2.73. The van der Waals surface area contributed by atoms with Crippen molar-refractivity contribution in [3.63, 3.8) is 0 Å². The molecule has 0 aliphatic carbocycles. The van der Waals surface area contributed by atoms with Gasteiger partial charge in [0.1, 0.15) is 0 Å². The lowest BCUT2D eigenvalue weighted by molar-refractivity contribution is 0.0376. The summed E-state index contributed by atoms with van der Waals surface area (Å²) in [5, 5.41) is 3.22. The molecule has 6 nitrogen and oxygen atoms in total. The van der Waals surface area contributed by atoms with Crippen molar-refractivity contribution in [2.45, 2.75) is 39.3 Å². The Labute approximate surface area is 193 Å². The minimum atomic E-state index is 0. The third kappa shape index (κ3) is 9.19. The number of benzene rings is 1. The zero-order chi connectivity index (χ0) is 19.6. The first kappa shape index (κ1) is 24.4. The van der Waals surface area contributed by atoms with Crippen molar-refractivity contribution in [2.24, 2.45) is 16.6 Å². The van der Waals surface area contributed by atoms with Crippen LogP contribution in [0.15, 0.2) is 29.3 Å². The van der Waals surface area contributed by atoms with Crippen LogP contribution in [0.5, 0.6) is 0 Å². The summed E-state index contributed by atoms with van der Waals surface area (Å²) >= 11 is 0. The molecule has 0 unspecified atom stereocenters. The van der Waals surface area contributed by atoms with Gasteiger partial charge in [0.2, 0.25) is 0 Å². The molecule has 164 valence electrons. The molecular weight excluding hydrogens is 477 g/mol. The van der Waals surface area contributed by atoms with Gasteiger partial charge in [-0.3, -0.25) is 9.80 Å². The van der Waals surface area contributed by atoms with Gasteiger partial charge in [0.25, 0.3) is 0 Å². The van der Waals surface area contributed by atoms with Gasteiger partial charge in [-0.15, -0.1) is 24.0 Å². The minimum absolute atomic E-state index is 0. The lowest BCUT2D eigenvalue weighted by Crippen LogP contribution is -2.39. The number of piperidine rings is 1. The van der Waals surface area contributed by atoms with E-state index in [2.05, 4.69) is 51.3 Å². The molecule has 0 radical (unpaired) electrons. The Morgan fingerprint density at radius 2 is 1.72 bits per heavy atom. The van der Waals surface area contributed by atoms with Crippen molar-refractivity contribution in [1.82, 2.24) is 15.1 Å². The molecule has 0 saturated carbocycles. The van der Waals surface area contributed by atoms with Crippen LogP contribution in [-0.4, -0.2) is 68.2 Å². The van der Waals surface area contributed by atoms with Crippen molar-refractivity contribution in [3.05, 3.63) is 35.4 Å². The van der Waals surface area contributed by atoms with Crippen LogP contribution in [0.25, 0.3) is 0 Å². The van der Waals surface area contributed by atoms with Crippen LogP contribution < -0.4 is 11.1 Å². The maximum absolute atomic E-state index is 6.00. The molecule has 2 saturated heterocycles. The molecule has 0 aromatic heterocycles. The number of hydrogen-bond acceptors (Lipinski definition) is 4. The molecule has 1 aromatic rings. The van der Waals surface area contributed by atoms with Crippen molar-refractivity contribution >= 4 is 29.9 Å². The highest BCUT2D eigenvalue weighted by Gasteiger charge is 2.15. The maximum Gasteiger partial charge on any atom is 0.188 e. The Balaban J connectivity index is 0.00000300. The van der Waals surface area contributed by atoms with Gasteiger partial charge < -0.3 is 15.8 Å². The van der Waals surface area contributed by atoms with Crippen LogP contribution in [0.3, 0.4) is 0 Å². The van der Waals surface area contributed by atoms with E-state index in [4.69, 9.17) is 10.5 Å². The Morgan fingerprint density at radius 3 is 2.41 bits per heavy atom. The molecule has 0 amide bonds. The number of guanidine groups is 1. The van der Waals surface area contributed by atoms with Gasteiger partial charge in [0.15, 0.2) is 5.96 Å². The molecule has 0 atom stereocenters. The SMILES string of the molecule is CC1CCN(Cc2ccc(CN=C(N)NCCCN3CCOCC3)cc2)CC1.I. The van der Waals surface area contributed by atoms with E-state index in [-0.39, 0.29) is 24.0 Å². The summed E-state index contributed by atoms with van der Waals surface area (Å²) in [6.07, 6.45) is 3.72. The minimum Gasteiger partial charge on any atom is -0.379 e. The van der Waals surface area contributed by atoms with Gasteiger partial charge in [0.05, 0.1) is 19.8 Å². The number of ether oxygens (including phenoxy) is 1. The molecule has 2 fully saturated rings. The van der Waals surface area contributed by atoms with E-state index < -0.39 is 0 Å². The van der Waals surface area contributed by atoms with Gasteiger partial charge in [-0.1, -0.05) is 31.2 Å². The highest BCUT2D eigenvalue weighted by molar-refractivity contribution is 14.0. The lowest BCUT2D eigenvalue weighted by atomic mass is 9.99. The molecule has 0 spiro atoms. The van der Waals surface area contributed by atoms with Crippen LogP contribution in [0.1, 0.15) is 37.3 Å². The molecule has 29 heavy (non-hydrogen) atoms. The molecule has 7 heteroatoms. The molecule has 2 aliphatic rings. The van der Waals surface area contributed by atoms with Gasteiger partial charge in [-0.25, -0.2) is 4.99 Å². The molecule has 3 N–H and O–H groups in total. The summed E-state index contributed by atoms with van der Waals surface area (Å²) in [6.45, 7) is 12.2. The number of morpholine rings is 1. The Morgan fingerprint density at radius 1 is 1.07 bits per heavy atom. The molecule has 1 aromatic carbocycles. The summed E-state index contributed by atoms with van der Waals surface area (Å²) in [5.41, 5.74) is 8.59. The molecular formula is C22H38IN5O. The quantitative estimate of drug-likeness (QED) is 0.241. The number of nitrogens with zero attached hydrogens (tertiary/aromatic N) is 3. The van der Waals surface area contributed by atoms with Crippen LogP contribution >= 0.6 is 24.0 Å². The predicted octanol–water partition coefficient (Wildman–Crippen LogP) is 2.66. The standard InChI is InChI=1S/C22H37N5O.HI/c1-19-7-11-27(12-8-19)18-21-5-3-20(4-6-21)17-25-22(23)24-9-2-10-26-13-15-28-16-14-26;/h3-6,19H,2,7-18H2,1H3,(H3,23,24,25);1H. The fourth-order valence-corrected chi connectivity index (χ4v) is 3.80. The van der Waals surface area contributed by atoms with Gasteiger partial charge in [0, 0.05) is 26.2 Å². The van der Waals surface area contributed by atoms with Gasteiger partial charge >= 0.3 is 0 Å². The van der Waals surface area contributed by atoms with E-state index in [0.717, 1.165) is 58.3 Å². The van der Waals surface area contributed by atoms with Crippen LogP contribution in [0, 0.1) is 5.92 Å². The van der Waals surface area contributed by atoms with Crippen molar-refractivity contribution in [3.8, 4) is 0 Å². The highest BCUT2D eigenvalue weighted by Crippen LogP contribution is 2.18. The van der Waals surface area contributed by atoms with Crippen molar-refractivity contribution in [1.29, 1.82) is 0 Å². The number of likely N-dealkylation sites (tertiary alicyclic amines) is 1. The summed E-state index contributed by atoms with van der Waals surface area (Å²) in [6, 6.07) is 8.82. The number of nitrogens with two attached hydrogens (primary N) is 1. The summed E-state index contributed by atoms with van der Waals surface area (Å²) in [4.78, 5) is 9.47. The monoisotopic (exact) mass is 515 g/mol. The fraction of sp³-hybridized carbons (Fsp3) is 0.682. The largest absolute Gasteiger partial charge is 0.379 e. The first-order chi connectivity index (χ1) is 13.7. The highest BCUT2D eigenvalue weighted by atomic mass is 127. The van der Waals surface area contributed by atoms with E-state index in [1.54, 1.807) is 0 Å². The molecule has 0 bridgehead atoms. The second-order valence-electron chi connectivity index (χ2n) is 8.21. The van der Waals surface area contributed by atoms with Crippen molar-refractivity contribution < 1.29 is 4.74 Å². The lowest BCUT2D eigenvalue weighted by Gasteiger charge is -2.30. The predicted molar refractivity (Wildman–Crippen MR) is 131 cm³/mol. The second-order valence-corrected chi connectivity index (χ2v) is 8.21. The first-order valence-corrected chi connectivity index (χ1v) is 10.8. The second kappa shape index (κ2) is 13.4. The van der Waals surface area contributed by atoms with E-state index >= 15 is 0 Å². The summed E-state index contributed by atoms with van der Waals surface area (Å²) in [7, 11) is 0. The third-order valence-corrected chi connectivity index (χ3v) is 5.80. The van der Waals surface area contributed by atoms with Crippen LogP contribution in [0.2, 0.25) is 0 Å². The average molecular weight is 515 g/mol. The zero-order valence-corrected chi connectivity index (χ0v) is 20.1. The van der Waals surface area contributed by atoms with E-state index in [1.807, 2.05) is 0 Å². The zero-order valence-electron chi connectivity index (χ0n) is 17.8. The fourth-order valence-electron chi connectivity index (χ4n) is 3.80. The van der Waals surface area contributed by atoms with Crippen LogP contribution in [0.4, 0.5) is 0 Å². The molecule has 2 aliphatic heterocycles. The number of nitrogens with one attached hydrogen (secondary N) is 1. The molecule has 3 rings (SSSR count). The normalized spacial score (nSPS) is 19.7. The first-order valence-electron chi connectivity index (χ1n) is 10.8. The number of halogens is 1. The summed E-state index contributed by atoms with van der Waals surface area (Å²) in [5.74, 6) is 1.42. The number of hydrogen-bond donors (Lipinski definition) is 2. The Hall–Kier alpha value is -0.900. The smallest absolute Gasteiger partial charge is 0.188 e. The van der Waals surface area contributed by atoms with E-state index in [0.29, 0.717) is 12.5 Å². The van der Waals surface area contributed by atoms with Gasteiger partial charge in [-0.05, 0) is 55.9 Å². The van der Waals surface area contributed by atoms with E-state index in [9.17, 15) is 0 Å². The number of rotatable bonds is 8.